The van der Waals surface area contributed by atoms with Crippen LogP contribution in [0.1, 0.15) is 18.9 Å². The topological polar surface area (TPSA) is 66.8 Å². The van der Waals surface area contributed by atoms with Crippen molar-refractivity contribution in [3.63, 3.8) is 0 Å². The summed E-state index contributed by atoms with van der Waals surface area (Å²) in [5.41, 5.74) is 1.04. The van der Waals surface area contributed by atoms with Crippen LogP contribution in [0.25, 0.3) is 0 Å². The summed E-state index contributed by atoms with van der Waals surface area (Å²) in [6.45, 7) is 2.16. The van der Waals surface area contributed by atoms with Gasteiger partial charge in [0.05, 0.1) is 12.7 Å². The molecule has 102 valence electrons. The predicted molar refractivity (Wildman–Crippen MR) is 68.4 cm³/mol. The molecule has 1 aromatic rings. The molecule has 1 N–H and O–H groups in total. The maximum Gasteiger partial charge on any atom is 0.326 e. The number of benzene rings is 1. The van der Waals surface area contributed by atoms with Crippen LogP contribution in [0.5, 0.6) is 0 Å². The molecule has 0 spiro atoms. The number of hydrogen-bond donors (Lipinski definition) is 1. The molecule has 0 bridgehead atoms. The van der Waals surface area contributed by atoms with Crippen molar-refractivity contribution in [1.82, 2.24) is 4.90 Å². The summed E-state index contributed by atoms with van der Waals surface area (Å²) in [5, 5.41) is 9.09. The summed E-state index contributed by atoms with van der Waals surface area (Å²) < 4.78 is 5.69. The highest BCUT2D eigenvalue weighted by Gasteiger charge is 2.38. The van der Waals surface area contributed by atoms with Gasteiger partial charge in [-0.3, -0.25) is 4.79 Å². The molecule has 0 saturated carbocycles. The lowest BCUT2D eigenvalue weighted by Crippen LogP contribution is -2.39. The number of likely N-dealkylation sites (tertiary alicyclic amines) is 1. The molecule has 1 heterocycles. The number of carboxylic acid groups (broad SMARTS) is 1. The zero-order valence-corrected chi connectivity index (χ0v) is 10.8. The molecule has 2 rings (SSSR count). The van der Waals surface area contributed by atoms with Crippen LogP contribution in [0.2, 0.25) is 0 Å². The third kappa shape index (κ3) is 3.32. The minimum absolute atomic E-state index is 0.217. The number of carboxylic acids is 1. The van der Waals surface area contributed by atoms with Crippen LogP contribution in [-0.2, 0) is 20.9 Å². The van der Waals surface area contributed by atoms with E-state index in [2.05, 4.69) is 0 Å². The van der Waals surface area contributed by atoms with E-state index in [1.807, 2.05) is 30.3 Å². The fourth-order valence-electron chi connectivity index (χ4n) is 2.29. The van der Waals surface area contributed by atoms with Crippen molar-refractivity contribution < 1.29 is 19.4 Å². The van der Waals surface area contributed by atoms with Crippen molar-refractivity contribution in [2.75, 3.05) is 6.54 Å². The molecule has 5 nitrogen and oxygen atoms in total. The fourth-order valence-corrected chi connectivity index (χ4v) is 2.29. The van der Waals surface area contributed by atoms with Gasteiger partial charge in [-0.2, -0.15) is 0 Å². The molecule has 0 aromatic heterocycles. The first-order chi connectivity index (χ1) is 9.08. The lowest BCUT2D eigenvalue weighted by atomic mass is 10.2. The molecule has 1 aliphatic rings. The van der Waals surface area contributed by atoms with Gasteiger partial charge in [-0.05, 0) is 5.56 Å². The summed E-state index contributed by atoms with van der Waals surface area (Å²) >= 11 is 0. The van der Waals surface area contributed by atoms with Crippen LogP contribution < -0.4 is 0 Å². The fraction of sp³-hybridized carbons (Fsp3) is 0.429. The Balaban J connectivity index is 1.93. The Bertz CT molecular complexity index is 438. The molecule has 1 amide bonds. The van der Waals surface area contributed by atoms with Crippen molar-refractivity contribution in [1.29, 1.82) is 0 Å². The zero-order chi connectivity index (χ0) is 13.8. The number of rotatable bonds is 4. The Labute approximate surface area is 111 Å². The van der Waals surface area contributed by atoms with Crippen LogP contribution in [-0.4, -0.2) is 40.6 Å². The molecule has 1 unspecified atom stereocenters. The highest BCUT2D eigenvalue weighted by Crippen LogP contribution is 2.21. The lowest BCUT2D eigenvalue weighted by Gasteiger charge is -2.18. The highest BCUT2D eigenvalue weighted by molar-refractivity contribution is 5.83. The maximum atomic E-state index is 11.4. The predicted octanol–water partition coefficient (Wildman–Crippen LogP) is 1.28. The lowest BCUT2D eigenvalue weighted by molar-refractivity contribution is -0.147. The number of amides is 1. The van der Waals surface area contributed by atoms with Gasteiger partial charge in [0.25, 0.3) is 0 Å². The van der Waals surface area contributed by atoms with E-state index in [9.17, 15) is 9.59 Å². The Hall–Kier alpha value is -1.88. The summed E-state index contributed by atoms with van der Waals surface area (Å²) in [5.74, 6) is -1.20. The van der Waals surface area contributed by atoms with E-state index in [1.54, 1.807) is 0 Å². The van der Waals surface area contributed by atoms with Crippen molar-refractivity contribution in [2.45, 2.75) is 32.1 Å². The van der Waals surface area contributed by atoms with Crippen LogP contribution in [0.4, 0.5) is 0 Å². The number of nitrogens with zero attached hydrogens (tertiary/aromatic N) is 1. The summed E-state index contributed by atoms with van der Waals surface area (Å²) in [4.78, 5) is 23.8. The molecule has 1 aliphatic heterocycles. The number of ether oxygens (including phenoxy) is 1. The molecule has 1 fully saturated rings. The SMILES string of the molecule is CC(=O)N1CC(OCc2ccccc2)C[C@H]1C(=O)O. The molecule has 5 heteroatoms. The average Bonchev–Trinajstić information content (AvgIpc) is 2.82. The number of carbonyl (C=O) groups is 2. The normalized spacial score (nSPS) is 22.5. The van der Waals surface area contributed by atoms with Gasteiger partial charge < -0.3 is 14.7 Å². The van der Waals surface area contributed by atoms with Crippen LogP contribution >= 0.6 is 0 Å². The first-order valence-electron chi connectivity index (χ1n) is 6.23. The monoisotopic (exact) mass is 263 g/mol. The van der Waals surface area contributed by atoms with Gasteiger partial charge >= 0.3 is 5.97 Å². The average molecular weight is 263 g/mol. The molecule has 19 heavy (non-hydrogen) atoms. The molecule has 0 radical (unpaired) electrons. The van der Waals surface area contributed by atoms with Gasteiger partial charge in [0.1, 0.15) is 6.04 Å². The Morgan fingerprint density at radius 2 is 2.05 bits per heavy atom. The standard InChI is InChI=1S/C14H17NO4/c1-10(16)15-8-12(7-13(15)14(17)18)19-9-11-5-3-2-4-6-11/h2-6,12-13H,7-9H2,1H3,(H,17,18)/t12?,13-/m0/s1. The van der Waals surface area contributed by atoms with Gasteiger partial charge in [-0.15, -0.1) is 0 Å². The van der Waals surface area contributed by atoms with Crippen molar-refractivity contribution >= 4 is 11.9 Å². The van der Waals surface area contributed by atoms with Crippen LogP contribution in [0.15, 0.2) is 30.3 Å². The zero-order valence-electron chi connectivity index (χ0n) is 10.8. The first kappa shape index (κ1) is 13.5. The van der Waals surface area contributed by atoms with E-state index in [4.69, 9.17) is 9.84 Å². The van der Waals surface area contributed by atoms with Gasteiger partial charge in [0.2, 0.25) is 5.91 Å². The Morgan fingerprint density at radius 1 is 1.37 bits per heavy atom. The number of carbonyl (C=O) groups excluding carboxylic acids is 1. The third-order valence-electron chi connectivity index (χ3n) is 3.28. The first-order valence-corrected chi connectivity index (χ1v) is 6.23. The van der Waals surface area contributed by atoms with Crippen LogP contribution in [0, 0.1) is 0 Å². The van der Waals surface area contributed by atoms with Gasteiger partial charge in [-0.1, -0.05) is 30.3 Å². The van der Waals surface area contributed by atoms with E-state index in [0.717, 1.165) is 5.56 Å². The second-order valence-electron chi connectivity index (χ2n) is 4.68. The van der Waals surface area contributed by atoms with E-state index in [-0.39, 0.29) is 12.0 Å². The van der Waals surface area contributed by atoms with Gasteiger partial charge in [0.15, 0.2) is 0 Å². The van der Waals surface area contributed by atoms with Crippen LogP contribution in [0.3, 0.4) is 0 Å². The molecule has 1 saturated heterocycles. The molecule has 0 aliphatic carbocycles. The number of hydrogen-bond acceptors (Lipinski definition) is 3. The molecule has 1 aromatic carbocycles. The van der Waals surface area contributed by atoms with Crippen molar-refractivity contribution in [3.05, 3.63) is 35.9 Å². The highest BCUT2D eigenvalue weighted by atomic mass is 16.5. The van der Waals surface area contributed by atoms with Gasteiger partial charge in [0, 0.05) is 19.9 Å². The minimum Gasteiger partial charge on any atom is -0.480 e. The molecular weight excluding hydrogens is 246 g/mol. The number of aliphatic carboxylic acids is 1. The summed E-state index contributed by atoms with van der Waals surface area (Å²) in [6.07, 6.45) is 0.132. The van der Waals surface area contributed by atoms with E-state index >= 15 is 0 Å². The van der Waals surface area contributed by atoms with Crippen molar-refractivity contribution in [2.24, 2.45) is 0 Å². The van der Waals surface area contributed by atoms with E-state index in [0.29, 0.717) is 19.6 Å². The largest absolute Gasteiger partial charge is 0.480 e. The minimum atomic E-state index is -0.971. The van der Waals surface area contributed by atoms with E-state index < -0.39 is 12.0 Å². The Morgan fingerprint density at radius 3 is 2.58 bits per heavy atom. The maximum absolute atomic E-state index is 11.4. The van der Waals surface area contributed by atoms with Gasteiger partial charge in [-0.25, -0.2) is 4.79 Å². The second-order valence-corrected chi connectivity index (χ2v) is 4.68. The molecular formula is C14H17NO4. The summed E-state index contributed by atoms with van der Waals surface area (Å²) in [6, 6.07) is 8.92. The third-order valence-corrected chi connectivity index (χ3v) is 3.28. The molecule has 2 atom stereocenters. The van der Waals surface area contributed by atoms with Crippen molar-refractivity contribution in [3.8, 4) is 0 Å². The summed E-state index contributed by atoms with van der Waals surface area (Å²) in [7, 11) is 0. The second kappa shape index (κ2) is 5.84. The quantitative estimate of drug-likeness (QED) is 0.888. The smallest absolute Gasteiger partial charge is 0.326 e. The Kier molecular flexibility index (Phi) is 4.16. The van der Waals surface area contributed by atoms with E-state index in [1.165, 1.54) is 11.8 Å².